The fourth-order valence-corrected chi connectivity index (χ4v) is 1.64. The van der Waals surface area contributed by atoms with E-state index in [1.54, 1.807) is 6.20 Å². The molecule has 0 saturated heterocycles. The second-order valence-electron chi connectivity index (χ2n) is 3.49. The molecule has 0 bridgehead atoms. The fourth-order valence-electron chi connectivity index (χ4n) is 1.64. The SMILES string of the molecule is c1ccc(Nc2nncc3[nH]ccc23)cc1. The highest BCUT2D eigenvalue weighted by atomic mass is 15.2. The zero-order valence-corrected chi connectivity index (χ0v) is 8.51. The highest BCUT2D eigenvalue weighted by Gasteiger charge is 2.03. The molecule has 2 aromatic heterocycles. The van der Waals surface area contributed by atoms with Crippen molar-refractivity contribution in [2.45, 2.75) is 0 Å². The first-order chi connectivity index (χ1) is 7.93. The van der Waals surface area contributed by atoms with Gasteiger partial charge in [0.05, 0.1) is 11.7 Å². The van der Waals surface area contributed by atoms with Crippen LogP contribution in [0, 0.1) is 0 Å². The van der Waals surface area contributed by atoms with E-state index in [9.17, 15) is 0 Å². The van der Waals surface area contributed by atoms with E-state index in [0.717, 1.165) is 22.4 Å². The Bertz CT molecular complexity index is 600. The normalized spacial score (nSPS) is 10.5. The lowest BCUT2D eigenvalue weighted by Gasteiger charge is -2.04. The van der Waals surface area contributed by atoms with Crippen LogP contribution in [0.2, 0.25) is 0 Å². The van der Waals surface area contributed by atoms with Crippen LogP contribution in [0.3, 0.4) is 0 Å². The van der Waals surface area contributed by atoms with Crippen molar-refractivity contribution < 1.29 is 0 Å². The lowest BCUT2D eigenvalue weighted by atomic mass is 10.3. The summed E-state index contributed by atoms with van der Waals surface area (Å²) in [5, 5.41) is 12.3. The minimum atomic E-state index is 0.768. The maximum atomic E-state index is 4.09. The third kappa shape index (κ3) is 1.50. The Morgan fingerprint density at radius 2 is 1.94 bits per heavy atom. The summed E-state index contributed by atoms with van der Waals surface area (Å²) in [6.45, 7) is 0. The molecule has 0 aliphatic heterocycles. The van der Waals surface area contributed by atoms with Gasteiger partial charge in [0.15, 0.2) is 5.82 Å². The van der Waals surface area contributed by atoms with Crippen LogP contribution in [0.5, 0.6) is 0 Å². The number of aromatic nitrogens is 3. The molecule has 3 rings (SSSR count). The minimum Gasteiger partial charge on any atom is -0.360 e. The van der Waals surface area contributed by atoms with Crippen LogP contribution in [0.1, 0.15) is 0 Å². The largest absolute Gasteiger partial charge is 0.360 e. The summed E-state index contributed by atoms with van der Waals surface area (Å²) >= 11 is 0. The maximum absolute atomic E-state index is 4.09. The summed E-state index contributed by atoms with van der Waals surface area (Å²) in [7, 11) is 0. The van der Waals surface area contributed by atoms with Crippen molar-refractivity contribution in [3.8, 4) is 0 Å². The van der Waals surface area contributed by atoms with E-state index in [2.05, 4.69) is 20.5 Å². The van der Waals surface area contributed by atoms with E-state index in [4.69, 9.17) is 0 Å². The van der Waals surface area contributed by atoms with Gasteiger partial charge in [-0.25, -0.2) is 0 Å². The molecule has 0 radical (unpaired) electrons. The molecular formula is C12H10N4. The Morgan fingerprint density at radius 3 is 2.81 bits per heavy atom. The van der Waals surface area contributed by atoms with Crippen molar-refractivity contribution in [3.63, 3.8) is 0 Å². The first-order valence-corrected chi connectivity index (χ1v) is 5.04. The van der Waals surface area contributed by atoms with Crippen molar-refractivity contribution in [3.05, 3.63) is 48.8 Å². The summed E-state index contributed by atoms with van der Waals surface area (Å²) in [6.07, 6.45) is 3.59. The minimum absolute atomic E-state index is 0.768. The average molecular weight is 210 g/mol. The van der Waals surface area contributed by atoms with E-state index in [1.807, 2.05) is 42.6 Å². The molecule has 4 nitrogen and oxygen atoms in total. The Balaban J connectivity index is 2.04. The number of aromatic amines is 1. The van der Waals surface area contributed by atoms with Crippen LogP contribution >= 0.6 is 0 Å². The highest BCUT2D eigenvalue weighted by Crippen LogP contribution is 2.21. The third-order valence-corrected chi connectivity index (χ3v) is 2.42. The molecule has 4 heteroatoms. The highest BCUT2D eigenvalue weighted by molar-refractivity contribution is 5.90. The average Bonchev–Trinajstić information content (AvgIpc) is 2.80. The number of hydrogen-bond donors (Lipinski definition) is 2. The number of rotatable bonds is 2. The van der Waals surface area contributed by atoms with Crippen molar-refractivity contribution in [2.24, 2.45) is 0 Å². The molecule has 1 aromatic carbocycles. The number of fused-ring (bicyclic) bond motifs is 1. The molecule has 2 heterocycles. The summed E-state index contributed by atoms with van der Waals surface area (Å²) in [5.74, 6) is 0.768. The smallest absolute Gasteiger partial charge is 0.162 e. The quantitative estimate of drug-likeness (QED) is 0.683. The van der Waals surface area contributed by atoms with Gasteiger partial charge in [-0.2, -0.15) is 5.10 Å². The molecular weight excluding hydrogens is 200 g/mol. The topological polar surface area (TPSA) is 53.6 Å². The molecule has 0 aliphatic rings. The summed E-state index contributed by atoms with van der Waals surface area (Å²) in [5.41, 5.74) is 1.99. The second kappa shape index (κ2) is 3.66. The number of nitrogens with one attached hydrogen (secondary N) is 2. The van der Waals surface area contributed by atoms with Gasteiger partial charge in [0.25, 0.3) is 0 Å². The van der Waals surface area contributed by atoms with E-state index in [-0.39, 0.29) is 0 Å². The maximum Gasteiger partial charge on any atom is 0.162 e. The van der Waals surface area contributed by atoms with Gasteiger partial charge in [0, 0.05) is 17.3 Å². The Labute approximate surface area is 92.3 Å². The number of para-hydroxylation sites is 1. The van der Waals surface area contributed by atoms with Gasteiger partial charge in [-0.1, -0.05) is 18.2 Å². The first kappa shape index (κ1) is 8.91. The van der Waals surface area contributed by atoms with Crippen LogP contribution in [0.25, 0.3) is 10.9 Å². The van der Waals surface area contributed by atoms with E-state index in [0.29, 0.717) is 0 Å². The van der Waals surface area contributed by atoms with Crippen LogP contribution in [-0.4, -0.2) is 15.2 Å². The Hall–Kier alpha value is -2.36. The van der Waals surface area contributed by atoms with Gasteiger partial charge < -0.3 is 10.3 Å². The van der Waals surface area contributed by atoms with Crippen LogP contribution in [0.15, 0.2) is 48.8 Å². The lowest BCUT2D eigenvalue weighted by molar-refractivity contribution is 1.05. The van der Waals surface area contributed by atoms with Gasteiger partial charge in [-0.15, -0.1) is 5.10 Å². The third-order valence-electron chi connectivity index (χ3n) is 2.42. The van der Waals surface area contributed by atoms with Gasteiger partial charge in [-0.3, -0.25) is 0 Å². The molecule has 0 spiro atoms. The van der Waals surface area contributed by atoms with E-state index < -0.39 is 0 Å². The monoisotopic (exact) mass is 210 g/mol. The standard InChI is InChI=1S/C12H10N4/c1-2-4-9(5-3-1)15-12-10-6-7-13-11(10)8-14-16-12/h1-8,13H,(H,15,16). The van der Waals surface area contributed by atoms with Crippen molar-refractivity contribution in [1.82, 2.24) is 15.2 Å². The molecule has 2 N–H and O–H groups in total. The molecule has 0 aliphatic carbocycles. The van der Waals surface area contributed by atoms with Crippen molar-refractivity contribution in [2.75, 3.05) is 5.32 Å². The van der Waals surface area contributed by atoms with Crippen LogP contribution < -0.4 is 5.32 Å². The number of nitrogens with zero attached hydrogens (tertiary/aromatic N) is 2. The van der Waals surface area contributed by atoms with Gasteiger partial charge in [0.2, 0.25) is 0 Å². The zero-order valence-electron chi connectivity index (χ0n) is 8.51. The molecule has 3 aromatic rings. The van der Waals surface area contributed by atoms with Crippen molar-refractivity contribution >= 4 is 22.4 Å². The predicted octanol–water partition coefficient (Wildman–Crippen LogP) is 2.70. The number of H-pyrrole nitrogens is 1. The fraction of sp³-hybridized carbons (Fsp3) is 0. The van der Waals surface area contributed by atoms with Crippen LogP contribution in [-0.2, 0) is 0 Å². The molecule has 0 fully saturated rings. The lowest BCUT2D eigenvalue weighted by Crippen LogP contribution is -1.95. The van der Waals surface area contributed by atoms with E-state index >= 15 is 0 Å². The number of hydrogen-bond acceptors (Lipinski definition) is 3. The Kier molecular flexibility index (Phi) is 2.04. The molecule has 16 heavy (non-hydrogen) atoms. The number of anilines is 2. The summed E-state index contributed by atoms with van der Waals surface area (Å²) in [4.78, 5) is 3.10. The zero-order chi connectivity index (χ0) is 10.8. The second-order valence-corrected chi connectivity index (χ2v) is 3.49. The molecule has 78 valence electrons. The van der Waals surface area contributed by atoms with Crippen molar-refractivity contribution in [1.29, 1.82) is 0 Å². The first-order valence-electron chi connectivity index (χ1n) is 5.04. The predicted molar refractivity (Wildman–Crippen MR) is 63.6 cm³/mol. The van der Waals surface area contributed by atoms with Crippen LogP contribution in [0.4, 0.5) is 11.5 Å². The summed E-state index contributed by atoms with van der Waals surface area (Å²) < 4.78 is 0. The molecule has 0 amide bonds. The number of benzene rings is 1. The molecule has 0 unspecified atom stereocenters. The molecule has 0 saturated carbocycles. The van der Waals surface area contributed by atoms with Gasteiger partial charge in [-0.05, 0) is 18.2 Å². The summed E-state index contributed by atoms with van der Waals surface area (Å²) in [6, 6.07) is 11.9. The Morgan fingerprint density at radius 1 is 1.06 bits per heavy atom. The van der Waals surface area contributed by atoms with E-state index in [1.165, 1.54) is 0 Å². The molecule has 0 atom stereocenters. The van der Waals surface area contributed by atoms with Gasteiger partial charge in [0.1, 0.15) is 0 Å². The van der Waals surface area contributed by atoms with Gasteiger partial charge >= 0.3 is 0 Å².